The Morgan fingerprint density at radius 3 is 2.56 bits per heavy atom. The van der Waals surface area contributed by atoms with E-state index in [9.17, 15) is 14.9 Å². The van der Waals surface area contributed by atoms with Crippen molar-refractivity contribution in [2.45, 2.75) is 13.0 Å². The van der Waals surface area contributed by atoms with Gasteiger partial charge in [0.25, 0.3) is 5.91 Å². The van der Waals surface area contributed by atoms with Crippen molar-refractivity contribution in [1.82, 2.24) is 20.4 Å². The molecule has 1 fully saturated rings. The lowest BCUT2D eigenvalue weighted by Crippen LogP contribution is -2.55. The third kappa shape index (κ3) is 6.91. The van der Waals surface area contributed by atoms with Crippen LogP contribution in [-0.2, 0) is 0 Å². The Labute approximate surface area is 227 Å². The van der Waals surface area contributed by atoms with Crippen LogP contribution in [0.3, 0.4) is 0 Å². The van der Waals surface area contributed by atoms with Crippen molar-refractivity contribution in [2.75, 3.05) is 38.1 Å². The minimum Gasteiger partial charge on any atom is -0.395 e. The predicted octanol–water partition coefficient (Wildman–Crippen LogP) is 3.37. The van der Waals surface area contributed by atoms with Gasteiger partial charge in [0.1, 0.15) is 0 Å². The molecule has 0 aliphatic carbocycles. The molecular formula is C29H31N7O3. The number of anilines is 1. The molecule has 1 heterocycles. The molecule has 3 aromatic rings. The second-order valence-electron chi connectivity index (χ2n) is 9.02. The van der Waals surface area contributed by atoms with Crippen LogP contribution in [0.15, 0.2) is 83.9 Å². The summed E-state index contributed by atoms with van der Waals surface area (Å²) >= 11 is 0. The first-order valence-electron chi connectivity index (χ1n) is 12.7. The van der Waals surface area contributed by atoms with Crippen molar-refractivity contribution in [1.29, 1.82) is 5.26 Å². The highest BCUT2D eigenvalue weighted by Gasteiger charge is 2.33. The molecule has 0 aromatic heterocycles. The van der Waals surface area contributed by atoms with Gasteiger partial charge in [0.15, 0.2) is 6.19 Å². The van der Waals surface area contributed by atoms with Gasteiger partial charge in [0.05, 0.1) is 18.3 Å². The maximum absolute atomic E-state index is 13.5. The average molecular weight is 526 g/mol. The van der Waals surface area contributed by atoms with Crippen LogP contribution >= 0.6 is 0 Å². The third-order valence-electron chi connectivity index (χ3n) is 6.41. The number of aliphatic hydroxyl groups excluding tert-OH is 1. The molecule has 0 bridgehead atoms. The SMILES string of the molecule is Cc1ccccc1N=C(NC#N)N1CCN(C(=O)Nc2cccc(C(=O)NCCO)c2)C(c2ccccc2)C1. The molecule has 10 nitrogen and oxygen atoms in total. The van der Waals surface area contributed by atoms with Gasteiger partial charge >= 0.3 is 6.03 Å². The number of piperazine rings is 1. The summed E-state index contributed by atoms with van der Waals surface area (Å²) < 4.78 is 0. The van der Waals surface area contributed by atoms with Crippen LogP contribution < -0.4 is 16.0 Å². The zero-order chi connectivity index (χ0) is 27.6. The number of nitrogens with one attached hydrogen (secondary N) is 3. The second kappa shape index (κ2) is 13.1. The Bertz CT molecular complexity index is 1370. The van der Waals surface area contributed by atoms with Gasteiger partial charge in [-0.3, -0.25) is 10.1 Å². The van der Waals surface area contributed by atoms with Gasteiger partial charge in [-0.15, -0.1) is 0 Å². The van der Waals surface area contributed by atoms with Gasteiger partial charge in [-0.05, 0) is 42.3 Å². The zero-order valence-corrected chi connectivity index (χ0v) is 21.7. The van der Waals surface area contributed by atoms with E-state index in [0.29, 0.717) is 36.8 Å². The molecule has 3 amide bonds. The molecule has 0 radical (unpaired) electrons. The topological polar surface area (TPSA) is 133 Å². The molecule has 3 aromatic carbocycles. The number of urea groups is 1. The lowest BCUT2D eigenvalue weighted by atomic mass is 10.0. The minimum absolute atomic E-state index is 0.147. The molecule has 0 saturated carbocycles. The van der Waals surface area contributed by atoms with Crippen molar-refractivity contribution in [2.24, 2.45) is 4.99 Å². The van der Waals surface area contributed by atoms with Gasteiger partial charge < -0.3 is 25.5 Å². The summed E-state index contributed by atoms with van der Waals surface area (Å²) in [6.07, 6.45) is 1.99. The Morgan fingerprint density at radius 2 is 1.82 bits per heavy atom. The van der Waals surface area contributed by atoms with E-state index in [1.807, 2.05) is 72.6 Å². The Morgan fingerprint density at radius 1 is 1.05 bits per heavy atom. The first kappa shape index (κ1) is 27.2. The standard InChI is InChI=1S/C29H31N7O3/c1-21-8-5-6-13-25(21)34-28(32-20-30)35-15-16-36(26(19-35)22-9-3-2-4-10-22)29(39)33-24-12-7-11-23(18-24)27(38)31-14-17-37/h2-13,18,26,37H,14-17,19H2,1H3,(H,31,38)(H,32,34)(H,33,39). The van der Waals surface area contributed by atoms with Crippen LogP contribution in [0.25, 0.3) is 0 Å². The Hall–Kier alpha value is -4.88. The highest BCUT2D eigenvalue weighted by Crippen LogP contribution is 2.27. The maximum Gasteiger partial charge on any atom is 0.322 e. The van der Waals surface area contributed by atoms with E-state index < -0.39 is 0 Å². The summed E-state index contributed by atoms with van der Waals surface area (Å²) in [6.45, 7) is 3.20. The molecule has 0 spiro atoms. The van der Waals surface area contributed by atoms with E-state index in [1.165, 1.54) is 0 Å². The summed E-state index contributed by atoms with van der Waals surface area (Å²) in [5.74, 6) is 0.0933. The van der Waals surface area contributed by atoms with Crippen LogP contribution in [0.4, 0.5) is 16.2 Å². The smallest absolute Gasteiger partial charge is 0.322 e. The molecular weight excluding hydrogens is 494 g/mol. The summed E-state index contributed by atoms with van der Waals surface area (Å²) in [6, 6.07) is 23.4. The molecule has 1 unspecified atom stereocenters. The first-order chi connectivity index (χ1) is 19.0. The van der Waals surface area contributed by atoms with E-state index in [2.05, 4.69) is 16.0 Å². The number of hydrogen-bond acceptors (Lipinski definition) is 5. The number of carbonyl (C=O) groups is 2. The highest BCUT2D eigenvalue weighted by molar-refractivity contribution is 5.97. The fourth-order valence-electron chi connectivity index (χ4n) is 4.41. The van der Waals surface area contributed by atoms with Gasteiger partial charge in [0.2, 0.25) is 5.96 Å². The van der Waals surface area contributed by atoms with E-state index in [-0.39, 0.29) is 31.1 Å². The van der Waals surface area contributed by atoms with Crippen molar-refractivity contribution >= 4 is 29.3 Å². The number of nitriles is 1. The van der Waals surface area contributed by atoms with Gasteiger partial charge in [-0.1, -0.05) is 54.6 Å². The lowest BCUT2D eigenvalue weighted by Gasteiger charge is -2.42. The van der Waals surface area contributed by atoms with Crippen LogP contribution in [0.2, 0.25) is 0 Å². The molecule has 1 saturated heterocycles. The third-order valence-corrected chi connectivity index (χ3v) is 6.41. The fourth-order valence-corrected chi connectivity index (χ4v) is 4.41. The highest BCUT2D eigenvalue weighted by atomic mass is 16.3. The van der Waals surface area contributed by atoms with E-state index >= 15 is 0 Å². The van der Waals surface area contributed by atoms with Crippen LogP contribution in [-0.4, -0.2) is 65.6 Å². The summed E-state index contributed by atoms with van der Waals surface area (Å²) in [7, 11) is 0. The number of para-hydroxylation sites is 1. The van der Waals surface area contributed by atoms with Crippen molar-refractivity contribution in [3.05, 3.63) is 95.6 Å². The largest absolute Gasteiger partial charge is 0.395 e. The monoisotopic (exact) mass is 525 g/mol. The number of nitrogens with zero attached hydrogens (tertiary/aromatic N) is 4. The number of rotatable bonds is 6. The number of aliphatic hydroxyl groups is 1. The summed E-state index contributed by atoms with van der Waals surface area (Å²) in [5.41, 5.74) is 3.56. The lowest BCUT2D eigenvalue weighted by molar-refractivity contribution is 0.0944. The molecule has 1 aliphatic heterocycles. The number of hydrogen-bond donors (Lipinski definition) is 4. The molecule has 10 heteroatoms. The molecule has 4 N–H and O–H groups in total. The molecule has 200 valence electrons. The minimum atomic E-state index is -0.332. The Balaban J connectivity index is 1.57. The Kier molecular flexibility index (Phi) is 9.11. The number of aryl methyl sites for hydroxylation is 1. The summed E-state index contributed by atoms with van der Waals surface area (Å²) in [4.78, 5) is 34.3. The number of benzene rings is 3. The normalized spacial score (nSPS) is 15.3. The van der Waals surface area contributed by atoms with Crippen molar-refractivity contribution < 1.29 is 14.7 Å². The molecule has 4 rings (SSSR count). The average Bonchev–Trinajstić information content (AvgIpc) is 2.97. The zero-order valence-electron chi connectivity index (χ0n) is 21.7. The molecule has 39 heavy (non-hydrogen) atoms. The summed E-state index contributed by atoms with van der Waals surface area (Å²) in [5, 5.41) is 26.6. The van der Waals surface area contributed by atoms with E-state index in [1.54, 1.807) is 29.2 Å². The van der Waals surface area contributed by atoms with E-state index in [0.717, 1.165) is 16.8 Å². The van der Waals surface area contributed by atoms with Gasteiger partial charge in [0, 0.05) is 37.4 Å². The van der Waals surface area contributed by atoms with Gasteiger partial charge in [-0.25, -0.2) is 9.79 Å². The van der Waals surface area contributed by atoms with Crippen LogP contribution in [0.5, 0.6) is 0 Å². The maximum atomic E-state index is 13.5. The number of guanidine groups is 1. The fraction of sp³-hybridized carbons (Fsp3) is 0.241. The van der Waals surface area contributed by atoms with E-state index in [4.69, 9.17) is 10.1 Å². The number of aliphatic imine (C=N–C) groups is 1. The van der Waals surface area contributed by atoms with Crippen molar-refractivity contribution in [3.8, 4) is 6.19 Å². The van der Waals surface area contributed by atoms with Crippen LogP contribution in [0, 0.1) is 18.4 Å². The number of carbonyl (C=O) groups excluding carboxylic acids is 2. The number of amides is 3. The molecule has 1 atom stereocenters. The second-order valence-corrected chi connectivity index (χ2v) is 9.02. The predicted molar refractivity (Wildman–Crippen MR) is 149 cm³/mol. The molecule has 1 aliphatic rings. The van der Waals surface area contributed by atoms with Gasteiger partial charge in [-0.2, -0.15) is 5.26 Å². The first-order valence-corrected chi connectivity index (χ1v) is 12.7. The van der Waals surface area contributed by atoms with Crippen LogP contribution in [0.1, 0.15) is 27.5 Å². The van der Waals surface area contributed by atoms with Crippen molar-refractivity contribution in [3.63, 3.8) is 0 Å². The quantitative estimate of drug-likeness (QED) is 0.169.